The lowest BCUT2D eigenvalue weighted by molar-refractivity contribution is -0.0436. The van der Waals surface area contributed by atoms with Crippen molar-refractivity contribution in [3.8, 4) is 0 Å². The molecule has 2 rings (SSSR count). The molecular formula is C11H18N3O7P. The number of phosphoric acid groups is 1. The summed E-state index contributed by atoms with van der Waals surface area (Å²) in [5.74, 6) is 0.325. The van der Waals surface area contributed by atoms with Gasteiger partial charge in [0.1, 0.15) is 18.4 Å². The van der Waals surface area contributed by atoms with Crippen molar-refractivity contribution in [1.82, 2.24) is 9.55 Å². The Balaban J connectivity index is 2.28. The average molecular weight is 335 g/mol. The Hall–Kier alpha value is -1.29. The first-order valence-electron chi connectivity index (χ1n) is 6.48. The molecule has 1 aliphatic rings. The van der Waals surface area contributed by atoms with Crippen LogP contribution in [0.3, 0.4) is 0 Å². The van der Waals surface area contributed by atoms with Crippen molar-refractivity contribution in [2.45, 2.75) is 24.9 Å². The monoisotopic (exact) mass is 335 g/mol. The molecule has 0 unspecified atom stereocenters. The molecule has 3 atom stereocenters. The standard InChI is InChI=1S/C11H18N3O7P/c1-13(2)11-12-9(16)3-4-14(11)10-5-7(8(6-15)20-10)21-22(17,18)19/h3-4,7-8,10,15H,5-6H2,1-2H3,(H2,17,18,19)/t7-,8+,10+/m0/s1. The van der Waals surface area contributed by atoms with E-state index in [-0.39, 0.29) is 6.42 Å². The fourth-order valence-corrected chi connectivity index (χ4v) is 2.86. The molecule has 124 valence electrons. The summed E-state index contributed by atoms with van der Waals surface area (Å²) in [7, 11) is -1.31. The van der Waals surface area contributed by atoms with Crippen LogP contribution in [-0.2, 0) is 13.8 Å². The molecule has 0 amide bonds. The average Bonchev–Trinajstić information content (AvgIpc) is 2.79. The van der Waals surface area contributed by atoms with Crippen LogP contribution < -0.4 is 10.5 Å². The van der Waals surface area contributed by atoms with Crippen molar-refractivity contribution in [3.63, 3.8) is 0 Å². The van der Waals surface area contributed by atoms with Gasteiger partial charge in [0.25, 0.3) is 5.56 Å². The smallest absolute Gasteiger partial charge is 0.394 e. The van der Waals surface area contributed by atoms with E-state index in [4.69, 9.17) is 14.5 Å². The van der Waals surface area contributed by atoms with Gasteiger partial charge in [-0.1, -0.05) is 0 Å². The van der Waals surface area contributed by atoms with Crippen LogP contribution in [0.15, 0.2) is 17.1 Å². The van der Waals surface area contributed by atoms with Gasteiger partial charge < -0.3 is 24.5 Å². The summed E-state index contributed by atoms with van der Waals surface area (Å²) >= 11 is 0. The van der Waals surface area contributed by atoms with Crippen LogP contribution >= 0.6 is 7.82 Å². The van der Waals surface area contributed by atoms with Gasteiger partial charge in [0.05, 0.1) is 6.61 Å². The van der Waals surface area contributed by atoms with E-state index in [0.717, 1.165) is 0 Å². The minimum absolute atomic E-state index is 0.0989. The second kappa shape index (κ2) is 6.45. The third-order valence-corrected chi connectivity index (χ3v) is 3.71. The van der Waals surface area contributed by atoms with E-state index in [2.05, 4.69) is 9.51 Å². The molecule has 11 heteroatoms. The molecule has 0 bridgehead atoms. The molecule has 22 heavy (non-hydrogen) atoms. The van der Waals surface area contributed by atoms with E-state index in [0.29, 0.717) is 5.95 Å². The highest BCUT2D eigenvalue weighted by Crippen LogP contribution is 2.43. The van der Waals surface area contributed by atoms with Crippen LogP contribution in [0, 0.1) is 0 Å². The summed E-state index contributed by atoms with van der Waals surface area (Å²) in [6.07, 6.45) is -0.942. The number of aromatic nitrogens is 2. The van der Waals surface area contributed by atoms with E-state index in [1.54, 1.807) is 23.6 Å². The van der Waals surface area contributed by atoms with Gasteiger partial charge in [-0.2, -0.15) is 4.98 Å². The quantitative estimate of drug-likeness (QED) is 0.583. The first-order valence-corrected chi connectivity index (χ1v) is 8.01. The molecule has 1 fully saturated rings. The minimum atomic E-state index is -4.70. The van der Waals surface area contributed by atoms with Gasteiger partial charge in [-0.3, -0.25) is 13.9 Å². The summed E-state index contributed by atoms with van der Waals surface area (Å²) in [5.41, 5.74) is -0.417. The minimum Gasteiger partial charge on any atom is -0.394 e. The number of anilines is 1. The molecule has 3 N–H and O–H groups in total. The van der Waals surface area contributed by atoms with Crippen LogP contribution in [0.25, 0.3) is 0 Å². The van der Waals surface area contributed by atoms with E-state index < -0.39 is 38.4 Å². The van der Waals surface area contributed by atoms with E-state index >= 15 is 0 Å². The summed E-state index contributed by atoms with van der Waals surface area (Å²) in [4.78, 5) is 34.7. The van der Waals surface area contributed by atoms with Gasteiger partial charge in [0.2, 0.25) is 5.95 Å². The van der Waals surface area contributed by atoms with Gasteiger partial charge in [-0.05, 0) is 0 Å². The van der Waals surface area contributed by atoms with Crippen molar-refractivity contribution in [2.24, 2.45) is 0 Å². The van der Waals surface area contributed by atoms with Crippen LogP contribution in [-0.4, -0.2) is 57.4 Å². The van der Waals surface area contributed by atoms with E-state index in [1.807, 2.05) is 0 Å². The third-order valence-electron chi connectivity index (χ3n) is 3.16. The lowest BCUT2D eigenvalue weighted by atomic mass is 10.2. The van der Waals surface area contributed by atoms with Crippen molar-refractivity contribution >= 4 is 13.8 Å². The first kappa shape index (κ1) is 17.1. The Morgan fingerprint density at radius 3 is 2.77 bits per heavy atom. The Bertz CT molecular complexity index is 628. The van der Waals surface area contributed by atoms with E-state index in [1.165, 1.54) is 12.3 Å². The molecule has 1 aromatic rings. The van der Waals surface area contributed by atoms with Crippen LogP contribution in [0.2, 0.25) is 0 Å². The Morgan fingerprint density at radius 2 is 2.23 bits per heavy atom. The number of phosphoric ester groups is 1. The second-order valence-electron chi connectivity index (χ2n) is 5.05. The first-order chi connectivity index (χ1) is 10.2. The van der Waals surface area contributed by atoms with Crippen molar-refractivity contribution in [3.05, 3.63) is 22.6 Å². The molecule has 1 aromatic heterocycles. The summed E-state index contributed by atoms with van der Waals surface area (Å²) in [6.45, 7) is -0.452. The molecule has 0 saturated carbocycles. The molecule has 2 heterocycles. The SMILES string of the molecule is CN(C)c1nc(=O)ccn1[C@H]1C[C@H](OP(=O)(O)O)[C@@H](CO)O1. The van der Waals surface area contributed by atoms with Gasteiger partial charge in [0, 0.05) is 32.8 Å². The van der Waals surface area contributed by atoms with Crippen LogP contribution in [0.1, 0.15) is 12.6 Å². The Kier molecular flexibility index (Phi) is 5.00. The normalized spacial score (nSPS) is 25.4. The van der Waals surface area contributed by atoms with Gasteiger partial charge in [-0.25, -0.2) is 4.57 Å². The second-order valence-corrected chi connectivity index (χ2v) is 6.24. The number of aliphatic hydroxyl groups is 1. The Morgan fingerprint density at radius 1 is 1.55 bits per heavy atom. The third kappa shape index (κ3) is 3.92. The highest BCUT2D eigenvalue weighted by atomic mass is 31.2. The maximum absolute atomic E-state index is 11.4. The fourth-order valence-electron chi connectivity index (χ4n) is 2.28. The zero-order valence-electron chi connectivity index (χ0n) is 12.1. The highest BCUT2D eigenvalue weighted by molar-refractivity contribution is 7.46. The molecule has 0 aliphatic carbocycles. The molecule has 1 aliphatic heterocycles. The predicted molar refractivity (Wildman–Crippen MR) is 75.4 cm³/mol. The Labute approximate surface area is 126 Å². The summed E-state index contributed by atoms with van der Waals surface area (Å²) < 4.78 is 22.7. The predicted octanol–water partition coefficient (Wildman–Crippen LogP) is -0.933. The lowest BCUT2D eigenvalue weighted by Gasteiger charge is -2.22. The van der Waals surface area contributed by atoms with Gasteiger partial charge >= 0.3 is 7.82 Å². The maximum Gasteiger partial charge on any atom is 0.469 e. The maximum atomic E-state index is 11.4. The van der Waals surface area contributed by atoms with Crippen LogP contribution in [0.5, 0.6) is 0 Å². The summed E-state index contributed by atoms with van der Waals surface area (Å²) in [6, 6.07) is 1.25. The number of nitrogens with zero attached hydrogens (tertiary/aromatic N) is 3. The zero-order valence-corrected chi connectivity index (χ0v) is 13.0. The van der Waals surface area contributed by atoms with E-state index in [9.17, 15) is 14.5 Å². The number of rotatable bonds is 5. The molecule has 1 saturated heterocycles. The van der Waals surface area contributed by atoms with Crippen molar-refractivity contribution in [2.75, 3.05) is 25.6 Å². The molecule has 0 spiro atoms. The molecule has 0 radical (unpaired) electrons. The largest absolute Gasteiger partial charge is 0.469 e. The highest BCUT2D eigenvalue weighted by Gasteiger charge is 2.40. The topological polar surface area (TPSA) is 134 Å². The number of hydrogen-bond donors (Lipinski definition) is 3. The van der Waals surface area contributed by atoms with Crippen LogP contribution in [0.4, 0.5) is 5.95 Å². The molecule has 10 nitrogen and oxygen atoms in total. The molecular weight excluding hydrogens is 317 g/mol. The van der Waals surface area contributed by atoms with Gasteiger partial charge in [0.15, 0.2) is 0 Å². The lowest BCUT2D eigenvalue weighted by Crippen LogP contribution is -2.27. The summed E-state index contributed by atoms with van der Waals surface area (Å²) in [5, 5.41) is 9.28. The molecule has 0 aromatic carbocycles. The number of ether oxygens (including phenoxy) is 1. The van der Waals surface area contributed by atoms with Crippen molar-refractivity contribution in [1.29, 1.82) is 0 Å². The fraction of sp³-hybridized carbons (Fsp3) is 0.636. The number of aliphatic hydroxyl groups excluding tert-OH is 1. The zero-order chi connectivity index (χ0) is 16.5. The number of hydrogen-bond acceptors (Lipinski definition) is 7. The van der Waals surface area contributed by atoms with Crippen molar-refractivity contribution < 1.29 is 28.7 Å². The van der Waals surface area contributed by atoms with Gasteiger partial charge in [-0.15, -0.1) is 0 Å².